The van der Waals surface area contributed by atoms with E-state index in [1.165, 1.54) is 0 Å². The monoisotopic (exact) mass is 585 g/mol. The second-order valence-corrected chi connectivity index (χ2v) is 9.92. The van der Waals surface area contributed by atoms with Gasteiger partial charge in [0.1, 0.15) is 23.6 Å². The van der Waals surface area contributed by atoms with Crippen molar-refractivity contribution in [3.8, 4) is 6.08 Å². The standard InChI is InChI=1S/C23H22F2IN3O5/c1-11(12-8-13(24)18(27)14(25)9-12)28-21(30)16-10-31-22(29-16)32-19-15(26)4-5-17-20(19)34-23(33-17)6-2-3-7-23/h4-5,8-11,15,19H,2-3,6-7,27H2,1H3,(H,28,30)/t11-,15?,19?/m1/s1. The molecule has 11 heteroatoms. The molecule has 8 nitrogen and oxygen atoms in total. The van der Waals surface area contributed by atoms with Crippen LogP contribution in [0.15, 0.2) is 46.5 Å². The second kappa shape index (κ2) is 8.75. The molecule has 34 heavy (non-hydrogen) atoms. The summed E-state index contributed by atoms with van der Waals surface area (Å²) >= 11 is 2.22. The fourth-order valence-electron chi connectivity index (χ4n) is 4.23. The summed E-state index contributed by atoms with van der Waals surface area (Å²) in [5.41, 5.74) is 4.91. The van der Waals surface area contributed by atoms with Crippen LogP contribution in [0.25, 0.3) is 0 Å². The normalized spacial score (nSPS) is 23.4. The number of oxazole rings is 1. The molecule has 3 aliphatic rings. The molecule has 1 saturated carbocycles. The summed E-state index contributed by atoms with van der Waals surface area (Å²) in [4.78, 5) is 16.7. The Hall–Kier alpha value is -2.83. The van der Waals surface area contributed by atoms with E-state index in [2.05, 4.69) is 32.9 Å². The molecule has 180 valence electrons. The highest BCUT2D eigenvalue weighted by Gasteiger charge is 2.49. The second-order valence-electron chi connectivity index (χ2n) is 8.48. The van der Waals surface area contributed by atoms with E-state index in [1.54, 1.807) is 6.92 Å². The van der Waals surface area contributed by atoms with Crippen molar-refractivity contribution in [3.05, 3.63) is 65.0 Å². The molecular weight excluding hydrogens is 563 g/mol. The van der Waals surface area contributed by atoms with Crippen LogP contribution in [0.4, 0.5) is 14.5 Å². The number of alkyl halides is 1. The van der Waals surface area contributed by atoms with Crippen molar-refractivity contribution >= 4 is 34.2 Å². The van der Waals surface area contributed by atoms with Crippen molar-refractivity contribution < 1.29 is 32.2 Å². The van der Waals surface area contributed by atoms with Crippen LogP contribution < -0.4 is 15.8 Å². The average molecular weight is 585 g/mol. The predicted octanol–water partition coefficient (Wildman–Crippen LogP) is 4.68. The van der Waals surface area contributed by atoms with E-state index in [-0.39, 0.29) is 21.3 Å². The third-order valence-corrected chi connectivity index (χ3v) is 7.14. The lowest BCUT2D eigenvalue weighted by atomic mass is 10.1. The highest BCUT2D eigenvalue weighted by Crippen LogP contribution is 2.47. The molecule has 2 heterocycles. The first-order valence-corrected chi connectivity index (χ1v) is 12.1. The summed E-state index contributed by atoms with van der Waals surface area (Å²) in [5.74, 6) is -1.78. The van der Waals surface area contributed by atoms with Crippen LogP contribution in [0.2, 0.25) is 0 Å². The van der Waals surface area contributed by atoms with Gasteiger partial charge in [0, 0.05) is 12.8 Å². The number of rotatable bonds is 5. The number of anilines is 1. The van der Waals surface area contributed by atoms with Crippen molar-refractivity contribution in [2.24, 2.45) is 0 Å². The number of nitrogens with zero attached hydrogens (tertiary/aromatic N) is 1. The van der Waals surface area contributed by atoms with Crippen LogP contribution in [0.1, 0.15) is 54.7 Å². The summed E-state index contributed by atoms with van der Waals surface area (Å²) < 4.78 is 51.1. The molecule has 0 bridgehead atoms. The molecule has 2 aromatic rings. The van der Waals surface area contributed by atoms with Crippen LogP contribution in [-0.4, -0.2) is 26.7 Å². The van der Waals surface area contributed by atoms with Gasteiger partial charge in [-0.1, -0.05) is 28.7 Å². The Bertz CT molecular complexity index is 1170. The van der Waals surface area contributed by atoms with Gasteiger partial charge in [0.15, 0.2) is 23.3 Å². The maximum absolute atomic E-state index is 13.8. The van der Waals surface area contributed by atoms with E-state index < -0.39 is 41.2 Å². The molecule has 1 aliphatic heterocycles. The Balaban J connectivity index is 1.26. The molecule has 1 aromatic carbocycles. The fraction of sp³-hybridized carbons (Fsp3) is 0.391. The van der Waals surface area contributed by atoms with E-state index in [9.17, 15) is 13.6 Å². The Morgan fingerprint density at radius 1 is 1.29 bits per heavy atom. The highest BCUT2D eigenvalue weighted by molar-refractivity contribution is 14.1. The van der Waals surface area contributed by atoms with Gasteiger partial charge in [-0.15, -0.1) is 0 Å². The number of benzene rings is 1. The van der Waals surface area contributed by atoms with Crippen LogP contribution in [0.5, 0.6) is 6.08 Å². The van der Waals surface area contributed by atoms with Gasteiger partial charge in [-0.3, -0.25) is 4.79 Å². The minimum absolute atomic E-state index is 0.0420. The van der Waals surface area contributed by atoms with Crippen LogP contribution in [-0.2, 0) is 9.47 Å². The van der Waals surface area contributed by atoms with Crippen molar-refractivity contribution in [2.75, 3.05) is 5.73 Å². The fourth-order valence-corrected chi connectivity index (χ4v) is 4.91. The van der Waals surface area contributed by atoms with Crippen LogP contribution in [0.3, 0.4) is 0 Å². The maximum Gasteiger partial charge on any atom is 0.395 e. The molecule has 1 aromatic heterocycles. The first-order chi connectivity index (χ1) is 16.2. The van der Waals surface area contributed by atoms with Crippen LogP contribution in [0, 0.1) is 11.6 Å². The minimum atomic E-state index is -0.894. The van der Waals surface area contributed by atoms with Gasteiger partial charge in [0.2, 0.25) is 0 Å². The van der Waals surface area contributed by atoms with Crippen molar-refractivity contribution in [1.29, 1.82) is 0 Å². The first kappa shape index (κ1) is 22.9. The van der Waals surface area contributed by atoms with Gasteiger partial charge in [0.05, 0.1) is 9.97 Å². The van der Waals surface area contributed by atoms with E-state index >= 15 is 0 Å². The zero-order valence-electron chi connectivity index (χ0n) is 18.1. The van der Waals surface area contributed by atoms with Crippen molar-refractivity contribution in [1.82, 2.24) is 10.3 Å². The molecule has 3 N–H and O–H groups in total. The van der Waals surface area contributed by atoms with Gasteiger partial charge >= 0.3 is 6.08 Å². The Labute approximate surface area is 207 Å². The summed E-state index contributed by atoms with van der Waals surface area (Å²) in [5, 5.41) is 2.62. The molecule has 0 radical (unpaired) electrons. The number of hydrogen-bond acceptors (Lipinski definition) is 7. The van der Waals surface area contributed by atoms with E-state index in [0.717, 1.165) is 44.1 Å². The number of nitrogens with one attached hydrogen (secondary N) is 1. The largest absolute Gasteiger partial charge is 0.449 e. The van der Waals surface area contributed by atoms with Gasteiger partial charge in [-0.05, 0) is 43.5 Å². The van der Waals surface area contributed by atoms with Crippen LogP contribution >= 0.6 is 22.6 Å². The summed E-state index contributed by atoms with van der Waals surface area (Å²) in [6.45, 7) is 1.58. The molecule has 2 aliphatic carbocycles. The zero-order chi connectivity index (χ0) is 24.0. The number of hydrogen-bond donors (Lipinski definition) is 2. The highest BCUT2D eigenvalue weighted by atomic mass is 127. The Morgan fingerprint density at radius 3 is 2.71 bits per heavy atom. The molecule has 0 saturated heterocycles. The van der Waals surface area contributed by atoms with E-state index in [4.69, 9.17) is 24.4 Å². The number of nitrogen functional groups attached to an aromatic ring is 1. The van der Waals surface area contributed by atoms with Gasteiger partial charge < -0.3 is 29.7 Å². The van der Waals surface area contributed by atoms with Gasteiger partial charge in [-0.25, -0.2) is 8.78 Å². The number of ether oxygens (including phenoxy) is 3. The van der Waals surface area contributed by atoms with Gasteiger partial charge in [-0.2, -0.15) is 4.98 Å². The quantitative estimate of drug-likeness (QED) is 0.298. The molecule has 3 atom stereocenters. The van der Waals surface area contributed by atoms with Crippen molar-refractivity contribution in [2.45, 2.75) is 54.5 Å². The average Bonchev–Trinajstić information content (AvgIpc) is 3.54. The molecular formula is C23H22F2IN3O5. The summed E-state index contributed by atoms with van der Waals surface area (Å²) in [7, 11) is 0. The first-order valence-electron chi connectivity index (χ1n) is 10.9. The number of carbonyl (C=O) groups excluding carboxylic acids is 1. The lowest BCUT2D eigenvalue weighted by Gasteiger charge is -2.25. The molecule has 1 fully saturated rings. The lowest BCUT2D eigenvalue weighted by Crippen LogP contribution is -2.33. The maximum atomic E-state index is 13.8. The Kier molecular flexibility index (Phi) is 5.90. The molecule has 5 rings (SSSR count). The van der Waals surface area contributed by atoms with Gasteiger partial charge in [0.25, 0.3) is 11.7 Å². The summed E-state index contributed by atoms with van der Waals surface area (Å²) in [6.07, 6.45) is 8.06. The van der Waals surface area contributed by atoms with E-state index in [1.807, 2.05) is 12.2 Å². The topological polar surface area (TPSA) is 109 Å². The smallest absolute Gasteiger partial charge is 0.395 e. The molecule has 2 unspecified atom stereocenters. The number of halogens is 3. The van der Waals surface area contributed by atoms with Crippen molar-refractivity contribution in [3.63, 3.8) is 0 Å². The Morgan fingerprint density at radius 2 is 2.00 bits per heavy atom. The number of nitrogens with two attached hydrogens (primary N) is 1. The third-order valence-electron chi connectivity index (χ3n) is 6.07. The molecule has 1 amide bonds. The van der Waals surface area contributed by atoms with E-state index in [0.29, 0.717) is 11.5 Å². The third kappa shape index (κ3) is 4.21. The molecule has 1 spiro atoms. The number of allylic oxidation sites excluding steroid dienone is 1. The summed E-state index contributed by atoms with van der Waals surface area (Å²) in [6, 6.07) is 1.44. The zero-order valence-corrected chi connectivity index (χ0v) is 20.3. The number of amides is 1. The SMILES string of the molecule is C[C@@H](NC(=O)c1coc(OC2C3=C(C=CC2I)OC2(CCCC2)O3)n1)c1cc(F)c(N)c(F)c1. The predicted molar refractivity (Wildman–Crippen MR) is 125 cm³/mol. The number of carbonyl (C=O) groups is 1. The number of aromatic nitrogens is 1. The minimum Gasteiger partial charge on any atom is -0.449 e. The lowest BCUT2D eigenvalue weighted by molar-refractivity contribution is -0.150.